The molecule has 0 aliphatic heterocycles. The van der Waals surface area contributed by atoms with Gasteiger partial charge in [0.25, 0.3) is 0 Å². The van der Waals surface area contributed by atoms with E-state index in [-0.39, 0.29) is 25.2 Å². The Labute approximate surface area is 319 Å². The molecule has 1 N–H and O–H groups in total. The number of esters is 2. The van der Waals surface area contributed by atoms with Gasteiger partial charge >= 0.3 is 11.9 Å². The lowest BCUT2D eigenvalue weighted by Crippen LogP contribution is -2.28. The van der Waals surface area contributed by atoms with Crippen LogP contribution < -0.4 is 0 Å². The van der Waals surface area contributed by atoms with Crippen LogP contribution in [0.4, 0.5) is 0 Å². The van der Waals surface area contributed by atoms with Crippen molar-refractivity contribution in [2.75, 3.05) is 13.2 Å². The summed E-state index contributed by atoms with van der Waals surface area (Å²) in [4.78, 5) is 24.3. The second-order valence-corrected chi connectivity index (χ2v) is 16.3. The van der Waals surface area contributed by atoms with Gasteiger partial charge in [0.05, 0.1) is 6.61 Å². The highest BCUT2D eigenvalue weighted by Crippen LogP contribution is 2.17. The molecule has 0 spiro atoms. The third-order valence-corrected chi connectivity index (χ3v) is 10.6. The molecule has 0 aromatic rings. The molecule has 5 nitrogen and oxygen atoms in total. The molecule has 0 aliphatic rings. The molecule has 0 fully saturated rings. The fourth-order valence-corrected chi connectivity index (χ4v) is 7.09. The Bertz CT molecular complexity index is 708. The number of aliphatic hydroxyl groups is 1. The summed E-state index contributed by atoms with van der Waals surface area (Å²) in [5.41, 5.74) is 0. The molecule has 0 radical (unpaired) electrons. The van der Waals surface area contributed by atoms with Gasteiger partial charge in [-0.25, -0.2) is 0 Å². The van der Waals surface area contributed by atoms with E-state index in [1.807, 2.05) is 0 Å². The second kappa shape index (κ2) is 41.7. The molecule has 0 saturated heterocycles. The molecule has 0 rings (SSSR count). The molecule has 0 bridgehead atoms. The predicted molar refractivity (Wildman–Crippen MR) is 219 cm³/mol. The monoisotopic (exact) mass is 723 g/mol. The minimum absolute atomic E-state index is 0.0568. The van der Waals surface area contributed by atoms with Crippen molar-refractivity contribution >= 4 is 11.9 Å². The normalized spacial score (nSPS) is 12.1. The SMILES string of the molecule is CCCCCCCCCCCCCCCCCCC(=O)OC[C@H](CO)OC(=O)CCCCCCCCCCCCCCCCCCCCC(C)C. The second-order valence-electron chi connectivity index (χ2n) is 16.3. The summed E-state index contributed by atoms with van der Waals surface area (Å²) >= 11 is 0. The van der Waals surface area contributed by atoms with Crippen LogP contribution in [0.1, 0.15) is 258 Å². The van der Waals surface area contributed by atoms with Gasteiger partial charge in [-0.1, -0.05) is 233 Å². The average Bonchev–Trinajstić information content (AvgIpc) is 3.12. The van der Waals surface area contributed by atoms with Gasteiger partial charge in [0.1, 0.15) is 6.61 Å². The molecule has 0 aliphatic carbocycles. The lowest BCUT2D eigenvalue weighted by molar-refractivity contribution is -0.161. The summed E-state index contributed by atoms with van der Waals surface area (Å²) in [7, 11) is 0. The molecule has 51 heavy (non-hydrogen) atoms. The molecular formula is C46H90O5. The number of carbonyl (C=O) groups is 2. The predicted octanol–water partition coefficient (Wildman–Crippen LogP) is 14.5. The fraction of sp³-hybridized carbons (Fsp3) is 0.957. The highest BCUT2D eigenvalue weighted by molar-refractivity contribution is 5.70. The third-order valence-electron chi connectivity index (χ3n) is 10.6. The van der Waals surface area contributed by atoms with Gasteiger partial charge in [0.15, 0.2) is 6.10 Å². The van der Waals surface area contributed by atoms with E-state index in [1.54, 1.807) is 0 Å². The van der Waals surface area contributed by atoms with Crippen molar-refractivity contribution in [1.29, 1.82) is 0 Å². The summed E-state index contributed by atoms with van der Waals surface area (Å²) in [5.74, 6) is 0.293. The minimum Gasteiger partial charge on any atom is -0.462 e. The van der Waals surface area contributed by atoms with Crippen LogP contribution in [0.2, 0.25) is 0 Å². The van der Waals surface area contributed by atoms with Crippen molar-refractivity contribution < 1.29 is 24.2 Å². The first-order chi connectivity index (χ1) is 25.0. The van der Waals surface area contributed by atoms with E-state index >= 15 is 0 Å². The zero-order chi connectivity index (χ0) is 37.3. The summed E-state index contributed by atoms with van der Waals surface area (Å²) in [6.07, 6.45) is 46.1. The van der Waals surface area contributed by atoms with Crippen LogP contribution >= 0.6 is 0 Å². The van der Waals surface area contributed by atoms with Gasteiger partial charge in [0.2, 0.25) is 0 Å². The number of carbonyl (C=O) groups excluding carboxylic acids is 2. The maximum atomic E-state index is 12.2. The van der Waals surface area contributed by atoms with Crippen LogP contribution in [0.5, 0.6) is 0 Å². The van der Waals surface area contributed by atoms with E-state index in [0.29, 0.717) is 12.8 Å². The highest BCUT2D eigenvalue weighted by Gasteiger charge is 2.16. The van der Waals surface area contributed by atoms with Crippen molar-refractivity contribution in [3.05, 3.63) is 0 Å². The summed E-state index contributed by atoms with van der Waals surface area (Å²) < 4.78 is 10.7. The number of ether oxygens (including phenoxy) is 2. The first-order valence-corrected chi connectivity index (χ1v) is 23.0. The van der Waals surface area contributed by atoms with E-state index in [2.05, 4.69) is 20.8 Å². The molecule has 0 aromatic heterocycles. The molecule has 0 aromatic carbocycles. The minimum atomic E-state index is -0.762. The lowest BCUT2D eigenvalue weighted by Gasteiger charge is -2.15. The van der Waals surface area contributed by atoms with Gasteiger partial charge in [-0.05, 0) is 18.8 Å². The number of unbranched alkanes of at least 4 members (excludes halogenated alkanes) is 32. The number of hydrogen-bond acceptors (Lipinski definition) is 5. The zero-order valence-electron chi connectivity index (χ0n) is 34.8. The van der Waals surface area contributed by atoms with Gasteiger partial charge < -0.3 is 14.6 Å². The van der Waals surface area contributed by atoms with E-state index < -0.39 is 6.10 Å². The van der Waals surface area contributed by atoms with Crippen molar-refractivity contribution in [1.82, 2.24) is 0 Å². The van der Waals surface area contributed by atoms with Gasteiger partial charge in [-0.15, -0.1) is 0 Å². The Balaban J connectivity index is 3.45. The Kier molecular flexibility index (Phi) is 40.8. The third kappa shape index (κ3) is 41.5. The molecule has 0 amide bonds. The van der Waals surface area contributed by atoms with Crippen LogP contribution in [0.3, 0.4) is 0 Å². The maximum Gasteiger partial charge on any atom is 0.306 e. The van der Waals surface area contributed by atoms with E-state index in [4.69, 9.17) is 9.47 Å². The first kappa shape index (κ1) is 49.9. The topological polar surface area (TPSA) is 72.8 Å². The summed E-state index contributed by atoms with van der Waals surface area (Å²) in [6, 6.07) is 0. The molecule has 0 saturated carbocycles. The van der Waals surface area contributed by atoms with Crippen LogP contribution in [0.15, 0.2) is 0 Å². The Morgan fingerprint density at radius 2 is 0.725 bits per heavy atom. The van der Waals surface area contributed by atoms with E-state index in [1.165, 1.54) is 193 Å². The summed E-state index contributed by atoms with van der Waals surface area (Å²) in [5, 5.41) is 9.59. The smallest absolute Gasteiger partial charge is 0.306 e. The van der Waals surface area contributed by atoms with Crippen LogP contribution in [0.25, 0.3) is 0 Å². The van der Waals surface area contributed by atoms with Crippen LogP contribution in [-0.4, -0.2) is 36.4 Å². The molecule has 5 heteroatoms. The first-order valence-electron chi connectivity index (χ1n) is 23.0. The number of rotatable bonds is 42. The maximum absolute atomic E-state index is 12.2. The number of hydrogen-bond donors (Lipinski definition) is 1. The van der Waals surface area contributed by atoms with Crippen LogP contribution in [0, 0.1) is 5.92 Å². The average molecular weight is 723 g/mol. The van der Waals surface area contributed by atoms with Gasteiger partial charge in [0, 0.05) is 12.8 Å². The molecule has 0 heterocycles. The standard InChI is InChI=1S/C46H90O5/c1-4-5-6-7-8-9-10-11-12-18-21-24-27-30-33-36-39-45(48)50-42-44(41-47)51-46(49)40-37-34-31-28-25-22-19-16-14-13-15-17-20-23-26-29-32-35-38-43(2)3/h43-44,47H,4-42H2,1-3H3/t44-/m0/s1. The lowest BCUT2D eigenvalue weighted by atomic mass is 10.0. The number of aliphatic hydroxyl groups excluding tert-OH is 1. The van der Waals surface area contributed by atoms with Crippen molar-refractivity contribution in [3.63, 3.8) is 0 Å². The molecule has 0 unspecified atom stereocenters. The zero-order valence-corrected chi connectivity index (χ0v) is 34.8. The Morgan fingerprint density at radius 1 is 0.431 bits per heavy atom. The van der Waals surface area contributed by atoms with Crippen molar-refractivity contribution in [2.45, 2.75) is 264 Å². The van der Waals surface area contributed by atoms with E-state index in [0.717, 1.165) is 38.0 Å². The summed E-state index contributed by atoms with van der Waals surface area (Å²) in [6.45, 7) is 6.55. The Morgan fingerprint density at radius 3 is 1.04 bits per heavy atom. The van der Waals surface area contributed by atoms with E-state index in [9.17, 15) is 14.7 Å². The van der Waals surface area contributed by atoms with Gasteiger partial charge in [-0.3, -0.25) is 9.59 Å². The van der Waals surface area contributed by atoms with Crippen molar-refractivity contribution in [3.8, 4) is 0 Å². The quantitative estimate of drug-likeness (QED) is 0.0501. The fourth-order valence-electron chi connectivity index (χ4n) is 7.09. The van der Waals surface area contributed by atoms with Gasteiger partial charge in [-0.2, -0.15) is 0 Å². The van der Waals surface area contributed by atoms with Crippen molar-refractivity contribution in [2.24, 2.45) is 5.92 Å². The highest BCUT2D eigenvalue weighted by atomic mass is 16.6. The Hall–Kier alpha value is -1.10. The molecular weight excluding hydrogens is 633 g/mol. The van der Waals surface area contributed by atoms with Crippen LogP contribution in [-0.2, 0) is 19.1 Å². The molecule has 304 valence electrons. The largest absolute Gasteiger partial charge is 0.462 e. The molecule has 1 atom stereocenters.